The van der Waals surface area contributed by atoms with E-state index >= 15 is 0 Å². The smallest absolute Gasteiger partial charge is 0.202 e. The van der Waals surface area contributed by atoms with Crippen molar-refractivity contribution in [3.8, 4) is 0 Å². The van der Waals surface area contributed by atoms with E-state index in [1.54, 1.807) is 0 Å². The van der Waals surface area contributed by atoms with E-state index < -0.39 is 0 Å². The molecule has 0 saturated heterocycles. The molecule has 1 aromatic heterocycles. The number of aryl methyl sites for hydroxylation is 1. The summed E-state index contributed by atoms with van der Waals surface area (Å²) in [6.45, 7) is 6.35. The van der Waals surface area contributed by atoms with Crippen molar-refractivity contribution >= 4 is 16.7 Å². The van der Waals surface area contributed by atoms with Crippen LogP contribution < -0.4 is 5.32 Å². The third-order valence-electron chi connectivity index (χ3n) is 2.43. The molecule has 0 aromatic carbocycles. The van der Waals surface area contributed by atoms with Crippen molar-refractivity contribution < 1.29 is 5.11 Å². The maximum absolute atomic E-state index is 9.00. The third kappa shape index (κ3) is 3.76. The molecule has 0 saturated carbocycles. The van der Waals surface area contributed by atoms with Gasteiger partial charge in [-0.25, -0.2) is 4.98 Å². The van der Waals surface area contributed by atoms with E-state index in [4.69, 9.17) is 5.11 Å². The summed E-state index contributed by atoms with van der Waals surface area (Å²) in [7, 11) is 0. The van der Waals surface area contributed by atoms with Gasteiger partial charge in [0.2, 0.25) is 5.13 Å². The molecule has 0 aliphatic carbocycles. The lowest BCUT2D eigenvalue weighted by molar-refractivity contribution is 0.226. The Hall–Kier alpha value is -0.680. The number of nitrogens with one attached hydrogen (secondary N) is 1. The highest BCUT2D eigenvalue weighted by molar-refractivity contribution is 7.09. The molecule has 15 heavy (non-hydrogen) atoms. The standard InChI is InChI=1S/C10H19N3OS/c1-4-5-9-12-10(15-13-9)11-8(3)7(2)6-14/h7-8,14H,4-6H2,1-3H3,(H,11,12,13). The van der Waals surface area contributed by atoms with Gasteiger partial charge in [0.05, 0.1) is 0 Å². The maximum atomic E-state index is 9.00. The van der Waals surface area contributed by atoms with Crippen molar-refractivity contribution in [2.75, 3.05) is 11.9 Å². The second kappa shape index (κ2) is 6.02. The minimum absolute atomic E-state index is 0.189. The molecule has 0 spiro atoms. The first-order valence-corrected chi connectivity index (χ1v) is 6.14. The average molecular weight is 229 g/mol. The van der Waals surface area contributed by atoms with E-state index in [-0.39, 0.29) is 18.6 Å². The predicted molar refractivity (Wildman–Crippen MR) is 63.2 cm³/mol. The summed E-state index contributed by atoms with van der Waals surface area (Å²) >= 11 is 1.39. The first-order valence-electron chi connectivity index (χ1n) is 5.37. The summed E-state index contributed by atoms with van der Waals surface area (Å²) in [6.07, 6.45) is 2.00. The van der Waals surface area contributed by atoms with Crippen LogP contribution in [0.25, 0.3) is 0 Å². The molecule has 2 N–H and O–H groups in total. The number of anilines is 1. The molecule has 4 nitrogen and oxygen atoms in total. The average Bonchev–Trinajstić information content (AvgIpc) is 2.65. The Kier molecular flexibility index (Phi) is 4.98. The van der Waals surface area contributed by atoms with Gasteiger partial charge < -0.3 is 10.4 Å². The highest BCUT2D eigenvalue weighted by Gasteiger charge is 2.12. The Morgan fingerprint density at radius 3 is 2.80 bits per heavy atom. The van der Waals surface area contributed by atoms with Gasteiger partial charge in [0, 0.05) is 30.6 Å². The van der Waals surface area contributed by atoms with Crippen LogP contribution in [0.3, 0.4) is 0 Å². The zero-order valence-corrected chi connectivity index (χ0v) is 10.3. The highest BCUT2D eigenvalue weighted by Crippen LogP contribution is 2.15. The molecule has 0 fully saturated rings. The van der Waals surface area contributed by atoms with Gasteiger partial charge in [0.25, 0.3) is 0 Å². The van der Waals surface area contributed by atoms with Crippen molar-refractivity contribution in [1.29, 1.82) is 0 Å². The van der Waals surface area contributed by atoms with Crippen LogP contribution in [0, 0.1) is 5.92 Å². The molecule has 0 amide bonds. The van der Waals surface area contributed by atoms with E-state index in [1.807, 2.05) is 13.8 Å². The second-order valence-corrected chi connectivity index (χ2v) is 4.61. The normalized spacial score (nSPS) is 14.9. The first-order chi connectivity index (χ1) is 7.17. The Morgan fingerprint density at radius 1 is 1.47 bits per heavy atom. The molecule has 1 aromatic rings. The fourth-order valence-electron chi connectivity index (χ4n) is 1.13. The Morgan fingerprint density at radius 2 is 2.20 bits per heavy atom. The topological polar surface area (TPSA) is 58.0 Å². The minimum Gasteiger partial charge on any atom is -0.396 e. The molecular formula is C10H19N3OS. The number of rotatable bonds is 6. The van der Waals surface area contributed by atoms with Crippen LogP contribution in [-0.2, 0) is 6.42 Å². The van der Waals surface area contributed by atoms with Gasteiger partial charge in [-0.1, -0.05) is 13.8 Å². The molecule has 0 radical (unpaired) electrons. The van der Waals surface area contributed by atoms with E-state index in [0.717, 1.165) is 23.8 Å². The van der Waals surface area contributed by atoms with E-state index in [1.165, 1.54) is 11.5 Å². The largest absolute Gasteiger partial charge is 0.396 e. The van der Waals surface area contributed by atoms with E-state index in [0.29, 0.717) is 0 Å². The summed E-state index contributed by atoms with van der Waals surface area (Å²) in [5.74, 6) is 1.14. The van der Waals surface area contributed by atoms with Crippen LogP contribution in [0.2, 0.25) is 0 Å². The van der Waals surface area contributed by atoms with Gasteiger partial charge in [-0.3, -0.25) is 0 Å². The van der Waals surface area contributed by atoms with Crippen molar-refractivity contribution in [2.45, 2.75) is 39.7 Å². The fourth-order valence-corrected chi connectivity index (χ4v) is 1.84. The Labute approximate surface area is 94.9 Å². The Balaban J connectivity index is 2.49. The Bertz CT molecular complexity index is 290. The molecule has 86 valence electrons. The lowest BCUT2D eigenvalue weighted by Crippen LogP contribution is -2.26. The van der Waals surface area contributed by atoms with E-state index in [9.17, 15) is 0 Å². The molecule has 0 bridgehead atoms. The number of hydrogen-bond acceptors (Lipinski definition) is 5. The number of nitrogens with zero attached hydrogens (tertiary/aromatic N) is 2. The summed E-state index contributed by atoms with van der Waals surface area (Å²) in [5, 5.41) is 13.1. The summed E-state index contributed by atoms with van der Waals surface area (Å²) in [5.41, 5.74) is 0. The minimum atomic E-state index is 0.189. The van der Waals surface area contributed by atoms with Gasteiger partial charge in [0.15, 0.2) is 0 Å². The van der Waals surface area contributed by atoms with Crippen LogP contribution in [0.15, 0.2) is 0 Å². The van der Waals surface area contributed by atoms with Crippen LogP contribution >= 0.6 is 11.5 Å². The molecule has 2 atom stereocenters. The molecule has 1 rings (SSSR count). The number of aliphatic hydroxyl groups excluding tert-OH is 1. The summed E-state index contributed by atoms with van der Waals surface area (Å²) < 4.78 is 4.25. The molecular weight excluding hydrogens is 210 g/mol. The third-order valence-corrected chi connectivity index (χ3v) is 3.12. The van der Waals surface area contributed by atoms with Crippen LogP contribution in [-0.4, -0.2) is 27.1 Å². The summed E-state index contributed by atoms with van der Waals surface area (Å²) in [6, 6.07) is 0.220. The molecule has 5 heteroatoms. The number of hydrogen-bond donors (Lipinski definition) is 2. The van der Waals surface area contributed by atoms with Crippen LogP contribution in [0.4, 0.5) is 5.13 Å². The van der Waals surface area contributed by atoms with Gasteiger partial charge >= 0.3 is 0 Å². The van der Waals surface area contributed by atoms with Gasteiger partial charge in [-0.2, -0.15) is 4.37 Å². The molecule has 2 unspecified atom stereocenters. The lowest BCUT2D eigenvalue weighted by atomic mass is 10.1. The lowest BCUT2D eigenvalue weighted by Gasteiger charge is -2.17. The van der Waals surface area contributed by atoms with Gasteiger partial charge in [0.1, 0.15) is 5.82 Å². The monoisotopic (exact) mass is 229 g/mol. The van der Waals surface area contributed by atoms with Crippen LogP contribution in [0.1, 0.15) is 33.0 Å². The summed E-state index contributed by atoms with van der Waals surface area (Å²) in [4.78, 5) is 4.37. The molecule has 0 aliphatic rings. The zero-order valence-electron chi connectivity index (χ0n) is 9.53. The van der Waals surface area contributed by atoms with Crippen molar-refractivity contribution in [3.63, 3.8) is 0 Å². The number of aliphatic hydroxyl groups is 1. The maximum Gasteiger partial charge on any atom is 0.202 e. The SMILES string of the molecule is CCCc1nsc(NC(C)C(C)CO)n1. The van der Waals surface area contributed by atoms with Crippen molar-refractivity contribution in [3.05, 3.63) is 5.82 Å². The predicted octanol–water partition coefficient (Wildman–Crippen LogP) is 1.92. The van der Waals surface area contributed by atoms with Crippen molar-refractivity contribution in [2.24, 2.45) is 5.92 Å². The zero-order chi connectivity index (χ0) is 11.3. The fraction of sp³-hybridized carbons (Fsp3) is 0.800. The van der Waals surface area contributed by atoms with Crippen molar-refractivity contribution in [1.82, 2.24) is 9.36 Å². The highest BCUT2D eigenvalue weighted by atomic mass is 32.1. The van der Waals surface area contributed by atoms with Crippen LogP contribution in [0.5, 0.6) is 0 Å². The molecule has 1 heterocycles. The van der Waals surface area contributed by atoms with Gasteiger partial charge in [-0.15, -0.1) is 0 Å². The second-order valence-electron chi connectivity index (χ2n) is 3.86. The number of aromatic nitrogens is 2. The first kappa shape index (κ1) is 12.4. The van der Waals surface area contributed by atoms with Gasteiger partial charge in [-0.05, 0) is 19.3 Å². The van der Waals surface area contributed by atoms with E-state index in [2.05, 4.69) is 21.6 Å². The quantitative estimate of drug-likeness (QED) is 0.782. The molecule has 0 aliphatic heterocycles.